The lowest BCUT2D eigenvalue weighted by atomic mass is 9.97. The number of ether oxygens (including phenoxy) is 1. The lowest BCUT2D eigenvalue weighted by Crippen LogP contribution is -2.53. The maximum absolute atomic E-state index is 13.8. The summed E-state index contributed by atoms with van der Waals surface area (Å²) in [5.41, 5.74) is -0.165. The SMILES string of the molecule is O=C(NCCN(C1CCOCC1)C1CCN(C(=O)C2CC2)CC1)c1ncccc1F. The fourth-order valence-electron chi connectivity index (χ4n) is 4.62. The number of likely N-dealkylation sites (tertiary alicyclic amines) is 1. The van der Waals surface area contributed by atoms with Crippen molar-refractivity contribution in [3.63, 3.8) is 0 Å². The van der Waals surface area contributed by atoms with Crippen molar-refractivity contribution >= 4 is 11.8 Å². The number of carbonyl (C=O) groups excluding carboxylic acids is 2. The van der Waals surface area contributed by atoms with Crippen LogP contribution in [0.25, 0.3) is 0 Å². The predicted octanol–water partition coefficient (Wildman–Crippen LogP) is 1.83. The van der Waals surface area contributed by atoms with Crippen molar-refractivity contribution in [1.82, 2.24) is 20.1 Å². The van der Waals surface area contributed by atoms with Gasteiger partial charge in [0.15, 0.2) is 11.5 Å². The zero-order chi connectivity index (χ0) is 20.9. The van der Waals surface area contributed by atoms with Crippen molar-refractivity contribution in [1.29, 1.82) is 0 Å². The molecular weight excluding hydrogens is 387 g/mol. The molecule has 2 saturated heterocycles. The molecule has 3 aliphatic rings. The van der Waals surface area contributed by atoms with E-state index in [4.69, 9.17) is 4.74 Å². The van der Waals surface area contributed by atoms with E-state index in [0.29, 0.717) is 31.1 Å². The van der Waals surface area contributed by atoms with Gasteiger partial charge in [0.1, 0.15) is 0 Å². The molecule has 7 nitrogen and oxygen atoms in total. The van der Waals surface area contributed by atoms with Gasteiger partial charge in [0.25, 0.3) is 5.91 Å². The van der Waals surface area contributed by atoms with Crippen LogP contribution in [0.4, 0.5) is 4.39 Å². The summed E-state index contributed by atoms with van der Waals surface area (Å²) in [4.78, 5) is 33.0. The van der Waals surface area contributed by atoms with Gasteiger partial charge in [-0.05, 0) is 50.7 Å². The molecule has 1 N–H and O–H groups in total. The number of halogens is 1. The molecular formula is C22H31FN4O3. The largest absolute Gasteiger partial charge is 0.381 e. The number of pyridine rings is 1. The minimum absolute atomic E-state index is 0.165. The van der Waals surface area contributed by atoms with E-state index in [1.807, 2.05) is 4.90 Å². The Morgan fingerprint density at radius 3 is 2.50 bits per heavy atom. The molecule has 1 saturated carbocycles. The van der Waals surface area contributed by atoms with Crippen molar-refractivity contribution in [2.75, 3.05) is 39.4 Å². The normalized spacial score (nSPS) is 21.1. The predicted molar refractivity (Wildman–Crippen MR) is 109 cm³/mol. The second kappa shape index (κ2) is 9.83. The number of hydrogen-bond acceptors (Lipinski definition) is 5. The zero-order valence-electron chi connectivity index (χ0n) is 17.4. The maximum atomic E-state index is 13.8. The highest BCUT2D eigenvalue weighted by Crippen LogP contribution is 2.32. The highest BCUT2D eigenvalue weighted by atomic mass is 19.1. The Bertz CT molecular complexity index is 744. The smallest absolute Gasteiger partial charge is 0.272 e. The van der Waals surface area contributed by atoms with Gasteiger partial charge < -0.3 is 15.0 Å². The van der Waals surface area contributed by atoms with Crippen molar-refractivity contribution in [3.05, 3.63) is 29.8 Å². The summed E-state index contributed by atoms with van der Waals surface area (Å²) in [5, 5.41) is 2.82. The molecule has 0 atom stereocenters. The van der Waals surface area contributed by atoms with E-state index >= 15 is 0 Å². The van der Waals surface area contributed by atoms with Gasteiger partial charge in [-0.1, -0.05) is 0 Å². The molecule has 3 heterocycles. The summed E-state index contributed by atoms with van der Waals surface area (Å²) in [6, 6.07) is 3.52. The third-order valence-electron chi connectivity index (χ3n) is 6.46. The summed E-state index contributed by atoms with van der Waals surface area (Å²) >= 11 is 0. The average molecular weight is 419 g/mol. The van der Waals surface area contributed by atoms with Gasteiger partial charge in [-0.3, -0.25) is 14.5 Å². The van der Waals surface area contributed by atoms with Crippen LogP contribution >= 0.6 is 0 Å². The van der Waals surface area contributed by atoms with Crippen molar-refractivity contribution in [3.8, 4) is 0 Å². The molecule has 1 aromatic rings. The minimum Gasteiger partial charge on any atom is -0.381 e. The van der Waals surface area contributed by atoms with Gasteiger partial charge in [-0.25, -0.2) is 9.37 Å². The van der Waals surface area contributed by atoms with Crippen LogP contribution < -0.4 is 5.32 Å². The molecule has 1 aliphatic carbocycles. The standard InChI is InChI=1S/C22H31FN4O3/c23-19-2-1-9-24-20(19)21(28)25-10-13-27(18-7-14-30-15-8-18)17-5-11-26(12-6-17)22(29)16-3-4-16/h1-2,9,16-18H,3-8,10-15H2,(H,25,28). The van der Waals surface area contributed by atoms with E-state index in [9.17, 15) is 14.0 Å². The Morgan fingerprint density at radius 1 is 1.13 bits per heavy atom. The number of carbonyl (C=O) groups is 2. The van der Waals surface area contributed by atoms with E-state index in [1.54, 1.807) is 0 Å². The number of piperidine rings is 1. The molecule has 2 amide bonds. The van der Waals surface area contributed by atoms with Crippen LogP contribution in [0.15, 0.2) is 18.3 Å². The van der Waals surface area contributed by atoms with E-state index in [-0.39, 0.29) is 11.6 Å². The Balaban J connectivity index is 1.32. The summed E-state index contributed by atoms with van der Waals surface area (Å²) in [5.74, 6) is -0.486. The molecule has 30 heavy (non-hydrogen) atoms. The molecule has 0 radical (unpaired) electrons. The van der Waals surface area contributed by atoms with Gasteiger partial charge >= 0.3 is 0 Å². The monoisotopic (exact) mass is 418 g/mol. The molecule has 164 valence electrons. The zero-order valence-corrected chi connectivity index (χ0v) is 17.4. The molecule has 0 unspecified atom stereocenters. The van der Waals surface area contributed by atoms with Gasteiger partial charge in [-0.15, -0.1) is 0 Å². The van der Waals surface area contributed by atoms with E-state index < -0.39 is 11.7 Å². The van der Waals surface area contributed by atoms with Crippen LogP contribution in [0.1, 0.15) is 49.0 Å². The van der Waals surface area contributed by atoms with Crippen molar-refractivity contribution < 1.29 is 18.7 Å². The van der Waals surface area contributed by atoms with Crippen LogP contribution in [0.5, 0.6) is 0 Å². The Labute approximate surface area is 177 Å². The number of hydrogen-bond donors (Lipinski definition) is 1. The molecule has 4 rings (SSSR count). The highest BCUT2D eigenvalue weighted by molar-refractivity contribution is 5.92. The maximum Gasteiger partial charge on any atom is 0.272 e. The third-order valence-corrected chi connectivity index (χ3v) is 6.46. The van der Waals surface area contributed by atoms with Gasteiger partial charge in [0.2, 0.25) is 5.91 Å². The topological polar surface area (TPSA) is 74.8 Å². The molecule has 2 aliphatic heterocycles. The van der Waals surface area contributed by atoms with Crippen LogP contribution in [0, 0.1) is 11.7 Å². The summed E-state index contributed by atoms with van der Waals surface area (Å²) in [6.07, 6.45) is 7.38. The number of rotatable bonds is 7. The molecule has 8 heteroatoms. The second-order valence-corrected chi connectivity index (χ2v) is 8.50. The fraction of sp³-hybridized carbons (Fsp3) is 0.682. The fourth-order valence-corrected chi connectivity index (χ4v) is 4.62. The van der Waals surface area contributed by atoms with Gasteiger partial charge in [0, 0.05) is 63.6 Å². The average Bonchev–Trinajstić information content (AvgIpc) is 3.63. The summed E-state index contributed by atoms with van der Waals surface area (Å²) in [7, 11) is 0. The molecule has 1 aromatic heterocycles. The Morgan fingerprint density at radius 2 is 1.83 bits per heavy atom. The minimum atomic E-state index is -0.607. The third kappa shape index (κ3) is 5.16. The summed E-state index contributed by atoms with van der Waals surface area (Å²) in [6.45, 7) is 4.27. The van der Waals surface area contributed by atoms with E-state index in [2.05, 4.69) is 15.2 Å². The first-order chi connectivity index (χ1) is 14.6. The first kappa shape index (κ1) is 21.2. The van der Waals surface area contributed by atoms with E-state index in [1.165, 1.54) is 18.3 Å². The number of amides is 2. The van der Waals surface area contributed by atoms with Crippen LogP contribution in [0.3, 0.4) is 0 Å². The lowest BCUT2D eigenvalue weighted by molar-refractivity contribution is -0.134. The molecule has 0 spiro atoms. The Hall–Kier alpha value is -2.06. The van der Waals surface area contributed by atoms with Crippen LogP contribution in [-0.4, -0.2) is 78.1 Å². The molecule has 0 bridgehead atoms. The number of aromatic nitrogens is 1. The first-order valence-electron chi connectivity index (χ1n) is 11.1. The number of nitrogens with zero attached hydrogens (tertiary/aromatic N) is 3. The van der Waals surface area contributed by atoms with Crippen LogP contribution in [0.2, 0.25) is 0 Å². The first-order valence-corrected chi connectivity index (χ1v) is 11.1. The summed E-state index contributed by atoms with van der Waals surface area (Å²) < 4.78 is 19.3. The molecule has 0 aromatic carbocycles. The molecule has 3 fully saturated rings. The second-order valence-electron chi connectivity index (χ2n) is 8.50. The Kier molecular flexibility index (Phi) is 6.94. The van der Waals surface area contributed by atoms with Gasteiger partial charge in [-0.2, -0.15) is 0 Å². The van der Waals surface area contributed by atoms with Crippen molar-refractivity contribution in [2.24, 2.45) is 5.92 Å². The number of nitrogens with one attached hydrogen (secondary N) is 1. The lowest BCUT2D eigenvalue weighted by Gasteiger charge is -2.43. The van der Waals surface area contributed by atoms with Gasteiger partial charge in [0.05, 0.1) is 0 Å². The highest BCUT2D eigenvalue weighted by Gasteiger charge is 2.37. The van der Waals surface area contributed by atoms with Crippen LogP contribution in [-0.2, 0) is 9.53 Å². The van der Waals surface area contributed by atoms with Crippen molar-refractivity contribution in [2.45, 2.75) is 50.6 Å². The quantitative estimate of drug-likeness (QED) is 0.731. The van der Waals surface area contributed by atoms with E-state index in [0.717, 1.165) is 64.8 Å².